The minimum absolute atomic E-state index is 0.0529. The molecule has 1 heterocycles. The molecule has 1 saturated heterocycles. The van der Waals surface area contributed by atoms with Gasteiger partial charge in [-0.25, -0.2) is 9.18 Å². The molecule has 0 amide bonds. The second-order valence-electron chi connectivity index (χ2n) is 5.78. The fraction of sp³-hybridized carbons (Fsp3) is 0.316. The molecule has 0 saturated carbocycles. The molecule has 1 aliphatic rings. The molecule has 1 unspecified atom stereocenters. The summed E-state index contributed by atoms with van der Waals surface area (Å²) in [5.41, 5.74) is 1.87. The summed E-state index contributed by atoms with van der Waals surface area (Å²) in [6.07, 6.45) is -1.90. The number of alkyl halides is 2. The Morgan fingerprint density at radius 3 is 2.16 bits per heavy atom. The second-order valence-corrected chi connectivity index (χ2v) is 6.94. The Balaban J connectivity index is 1.59. The third-order valence-electron chi connectivity index (χ3n) is 3.89. The van der Waals surface area contributed by atoms with Crippen molar-refractivity contribution in [2.45, 2.75) is 30.0 Å². The van der Waals surface area contributed by atoms with Crippen LogP contribution in [0.5, 0.6) is 0 Å². The number of carbonyl (C=O) groups is 1. The molecule has 0 radical (unpaired) electrons. The van der Waals surface area contributed by atoms with Gasteiger partial charge in [0, 0.05) is 0 Å². The van der Waals surface area contributed by atoms with E-state index in [2.05, 4.69) is 15.9 Å². The summed E-state index contributed by atoms with van der Waals surface area (Å²) in [6.45, 7) is 0.577. The minimum Gasteiger partial charge on any atom is -0.454 e. The van der Waals surface area contributed by atoms with E-state index >= 15 is 0 Å². The van der Waals surface area contributed by atoms with Crippen LogP contribution in [0.1, 0.15) is 11.1 Å². The maximum Gasteiger partial charge on any atom is 0.358 e. The average Bonchev–Trinajstić information content (AvgIpc) is 2.84. The van der Waals surface area contributed by atoms with E-state index < -0.39 is 22.8 Å². The summed E-state index contributed by atoms with van der Waals surface area (Å²) >= 11 is 2.80. The van der Waals surface area contributed by atoms with Crippen LogP contribution in [0, 0.1) is 0 Å². The first-order valence-corrected chi connectivity index (χ1v) is 8.73. The first-order chi connectivity index (χ1) is 12.1. The fourth-order valence-electron chi connectivity index (χ4n) is 2.59. The van der Waals surface area contributed by atoms with Crippen molar-refractivity contribution in [3.8, 4) is 0 Å². The van der Waals surface area contributed by atoms with Gasteiger partial charge < -0.3 is 14.2 Å². The van der Waals surface area contributed by atoms with Crippen LogP contribution >= 0.6 is 15.9 Å². The van der Waals surface area contributed by atoms with Crippen molar-refractivity contribution in [2.24, 2.45) is 0 Å². The lowest BCUT2D eigenvalue weighted by Crippen LogP contribution is -2.40. The van der Waals surface area contributed by atoms with Gasteiger partial charge in [-0.15, -0.1) is 0 Å². The molecule has 1 aliphatic heterocycles. The molecule has 2 aromatic rings. The van der Waals surface area contributed by atoms with E-state index in [1.165, 1.54) is 0 Å². The van der Waals surface area contributed by atoms with Gasteiger partial charge in [0.15, 0.2) is 12.2 Å². The maximum atomic E-state index is 14.6. The van der Waals surface area contributed by atoms with Crippen LogP contribution < -0.4 is 0 Å². The summed E-state index contributed by atoms with van der Waals surface area (Å²) in [6, 6.07) is 18.9. The highest BCUT2D eigenvalue weighted by Gasteiger charge is 2.58. The van der Waals surface area contributed by atoms with E-state index in [4.69, 9.17) is 14.2 Å². The molecule has 25 heavy (non-hydrogen) atoms. The van der Waals surface area contributed by atoms with Gasteiger partial charge in [-0.1, -0.05) is 60.7 Å². The third kappa shape index (κ3) is 4.45. The fourth-order valence-corrected chi connectivity index (χ4v) is 3.11. The van der Waals surface area contributed by atoms with E-state index in [9.17, 15) is 9.18 Å². The Kier molecular flexibility index (Phi) is 5.83. The predicted molar refractivity (Wildman–Crippen MR) is 93.8 cm³/mol. The van der Waals surface area contributed by atoms with Crippen molar-refractivity contribution < 1.29 is 23.4 Å². The molecule has 4 nitrogen and oxygen atoms in total. The van der Waals surface area contributed by atoms with Gasteiger partial charge in [0.25, 0.3) is 4.58 Å². The Bertz CT molecular complexity index is 693. The van der Waals surface area contributed by atoms with Gasteiger partial charge in [-0.2, -0.15) is 0 Å². The Morgan fingerprint density at radius 2 is 1.56 bits per heavy atom. The summed E-state index contributed by atoms with van der Waals surface area (Å²) < 4.78 is 28.6. The Morgan fingerprint density at radius 1 is 1.00 bits per heavy atom. The SMILES string of the molecule is O=C1O[C@H](COCc2ccccc2)C(OCc2ccccc2)[C@]1(F)Br. The van der Waals surface area contributed by atoms with Crippen LogP contribution in [-0.4, -0.2) is 29.4 Å². The van der Waals surface area contributed by atoms with Crippen LogP contribution in [0.25, 0.3) is 0 Å². The largest absolute Gasteiger partial charge is 0.454 e. The van der Waals surface area contributed by atoms with Crippen molar-refractivity contribution in [3.63, 3.8) is 0 Å². The number of esters is 1. The number of cyclic esters (lactones) is 1. The molecule has 0 N–H and O–H groups in total. The highest BCUT2D eigenvalue weighted by Crippen LogP contribution is 2.38. The lowest BCUT2D eigenvalue weighted by molar-refractivity contribution is -0.147. The van der Waals surface area contributed by atoms with E-state index in [-0.39, 0.29) is 13.2 Å². The van der Waals surface area contributed by atoms with Crippen molar-refractivity contribution in [2.75, 3.05) is 6.61 Å². The summed E-state index contributed by atoms with van der Waals surface area (Å²) in [7, 11) is 0. The lowest BCUT2D eigenvalue weighted by Gasteiger charge is -2.22. The summed E-state index contributed by atoms with van der Waals surface area (Å²) in [5.74, 6) is -0.987. The van der Waals surface area contributed by atoms with Crippen LogP contribution in [0.3, 0.4) is 0 Å². The molecule has 0 aromatic heterocycles. The molecule has 3 rings (SSSR count). The van der Waals surface area contributed by atoms with E-state index in [1.54, 1.807) is 0 Å². The zero-order chi connectivity index (χ0) is 17.7. The first kappa shape index (κ1) is 18.0. The summed E-state index contributed by atoms with van der Waals surface area (Å²) in [5, 5.41) is 0. The smallest absolute Gasteiger partial charge is 0.358 e. The number of carbonyl (C=O) groups excluding carboxylic acids is 1. The van der Waals surface area contributed by atoms with Crippen LogP contribution in [0.15, 0.2) is 60.7 Å². The number of hydrogen-bond donors (Lipinski definition) is 0. The number of hydrogen-bond acceptors (Lipinski definition) is 4. The molecule has 0 bridgehead atoms. The molecule has 132 valence electrons. The molecule has 3 atom stereocenters. The third-order valence-corrected chi connectivity index (χ3v) is 4.67. The second kappa shape index (κ2) is 8.08. The van der Waals surface area contributed by atoms with Crippen molar-refractivity contribution in [1.29, 1.82) is 0 Å². The van der Waals surface area contributed by atoms with Gasteiger partial charge in [0.05, 0.1) is 19.8 Å². The zero-order valence-corrected chi connectivity index (χ0v) is 15.0. The van der Waals surface area contributed by atoms with Gasteiger partial charge in [-0.05, 0) is 27.1 Å². The van der Waals surface area contributed by atoms with Crippen molar-refractivity contribution >= 4 is 21.9 Å². The van der Waals surface area contributed by atoms with E-state index in [1.807, 2.05) is 60.7 Å². The average molecular weight is 409 g/mol. The Hall–Kier alpha value is -1.76. The molecule has 2 aromatic carbocycles. The van der Waals surface area contributed by atoms with Crippen molar-refractivity contribution in [3.05, 3.63) is 71.8 Å². The number of rotatable bonds is 7. The van der Waals surface area contributed by atoms with Crippen LogP contribution in [0.2, 0.25) is 0 Å². The summed E-state index contributed by atoms with van der Waals surface area (Å²) in [4.78, 5) is 11.8. The molecule has 0 spiro atoms. The number of halogens is 2. The standard InChI is InChI=1S/C19H18BrFO4/c20-19(21)17(24-12-15-9-5-2-6-10-15)16(25-18(19)22)13-23-11-14-7-3-1-4-8-14/h1-10,16-17H,11-13H2/t16-,17?,19-/m1/s1. The predicted octanol–water partition coefficient (Wildman–Crippen LogP) is 3.77. The van der Waals surface area contributed by atoms with E-state index in [0.29, 0.717) is 6.61 Å². The van der Waals surface area contributed by atoms with Gasteiger partial charge >= 0.3 is 5.97 Å². The van der Waals surface area contributed by atoms with Crippen molar-refractivity contribution in [1.82, 2.24) is 0 Å². The molecular formula is C19H18BrFO4. The minimum atomic E-state index is -2.37. The Labute approximate surface area is 154 Å². The molecular weight excluding hydrogens is 391 g/mol. The van der Waals surface area contributed by atoms with Gasteiger partial charge in [0.1, 0.15) is 0 Å². The van der Waals surface area contributed by atoms with Gasteiger partial charge in [0.2, 0.25) is 0 Å². The molecule has 0 aliphatic carbocycles. The number of benzene rings is 2. The monoisotopic (exact) mass is 408 g/mol. The molecule has 1 fully saturated rings. The van der Waals surface area contributed by atoms with E-state index in [0.717, 1.165) is 11.1 Å². The van der Waals surface area contributed by atoms with Crippen LogP contribution in [0.4, 0.5) is 4.39 Å². The first-order valence-electron chi connectivity index (χ1n) is 7.93. The van der Waals surface area contributed by atoms with Gasteiger partial charge in [-0.3, -0.25) is 0 Å². The quantitative estimate of drug-likeness (QED) is 0.516. The lowest BCUT2D eigenvalue weighted by atomic mass is 10.1. The maximum absolute atomic E-state index is 14.6. The molecule has 6 heteroatoms. The topological polar surface area (TPSA) is 44.8 Å². The highest BCUT2D eigenvalue weighted by molar-refractivity contribution is 9.10. The number of ether oxygens (including phenoxy) is 3. The normalized spacial score (nSPS) is 25.8. The van der Waals surface area contributed by atoms with Crippen LogP contribution in [-0.2, 0) is 32.2 Å². The highest BCUT2D eigenvalue weighted by atomic mass is 79.9. The zero-order valence-electron chi connectivity index (χ0n) is 13.4.